The summed E-state index contributed by atoms with van der Waals surface area (Å²) in [4.78, 5) is 35.2. The van der Waals surface area contributed by atoms with Crippen molar-refractivity contribution >= 4 is 23.6 Å². The summed E-state index contributed by atoms with van der Waals surface area (Å²) in [7, 11) is 0. The maximum absolute atomic E-state index is 11.1. The van der Waals surface area contributed by atoms with E-state index in [2.05, 4.69) is 34.6 Å². The van der Waals surface area contributed by atoms with Crippen molar-refractivity contribution in [2.45, 2.75) is 12.8 Å². The molecular weight excluding hydrogens is 346 g/mol. The minimum Gasteiger partial charge on any atom is -0.481 e. The van der Waals surface area contributed by atoms with Gasteiger partial charge in [0, 0.05) is 57.7 Å². The number of aromatic nitrogens is 4. The molecule has 0 saturated carbocycles. The molecule has 0 aromatic carbocycles. The number of nitrogens with zero attached hydrogens (tertiary/aromatic N) is 7. The van der Waals surface area contributed by atoms with Gasteiger partial charge < -0.3 is 19.8 Å². The first-order valence-electron chi connectivity index (χ1n) is 9.27. The van der Waals surface area contributed by atoms with E-state index < -0.39 is 5.97 Å². The highest BCUT2D eigenvalue weighted by atomic mass is 16.4. The van der Waals surface area contributed by atoms with Crippen LogP contribution in [0.3, 0.4) is 0 Å². The molecule has 9 nitrogen and oxygen atoms in total. The summed E-state index contributed by atoms with van der Waals surface area (Å²) < 4.78 is 0. The van der Waals surface area contributed by atoms with Gasteiger partial charge in [-0.3, -0.25) is 4.79 Å². The van der Waals surface area contributed by atoms with Crippen LogP contribution in [0.1, 0.15) is 12.8 Å². The van der Waals surface area contributed by atoms with Gasteiger partial charge in [0.1, 0.15) is 18.0 Å². The van der Waals surface area contributed by atoms with Crippen molar-refractivity contribution < 1.29 is 9.90 Å². The number of carboxylic acid groups (broad SMARTS) is 1. The van der Waals surface area contributed by atoms with Crippen LogP contribution in [0.4, 0.5) is 17.6 Å². The maximum Gasteiger partial charge on any atom is 0.306 e. The van der Waals surface area contributed by atoms with Crippen LogP contribution in [0.15, 0.2) is 30.9 Å². The highest BCUT2D eigenvalue weighted by Crippen LogP contribution is 2.24. The maximum atomic E-state index is 11.1. The number of hydrogen-bond acceptors (Lipinski definition) is 8. The predicted octanol–water partition coefficient (Wildman–Crippen LogP) is 0.894. The van der Waals surface area contributed by atoms with Gasteiger partial charge >= 0.3 is 5.97 Å². The fourth-order valence-corrected chi connectivity index (χ4v) is 3.63. The Morgan fingerprint density at radius 3 is 2.00 bits per heavy atom. The summed E-state index contributed by atoms with van der Waals surface area (Å²) in [5, 5.41) is 9.15. The van der Waals surface area contributed by atoms with E-state index in [0.717, 1.165) is 43.8 Å². The molecule has 0 amide bonds. The SMILES string of the molecule is O=C(O)C1CCN(c2cc(N3CCN(c4ncccn4)CC3)ncn2)CC1. The highest BCUT2D eigenvalue weighted by Gasteiger charge is 2.26. The Morgan fingerprint density at radius 2 is 1.41 bits per heavy atom. The van der Waals surface area contributed by atoms with Gasteiger partial charge in [-0.05, 0) is 18.9 Å². The molecule has 1 N–H and O–H groups in total. The third kappa shape index (κ3) is 3.91. The molecule has 2 aromatic heterocycles. The van der Waals surface area contributed by atoms with E-state index >= 15 is 0 Å². The lowest BCUT2D eigenvalue weighted by Crippen LogP contribution is -2.47. The van der Waals surface area contributed by atoms with Crippen LogP contribution in [0.25, 0.3) is 0 Å². The van der Waals surface area contributed by atoms with E-state index in [-0.39, 0.29) is 5.92 Å². The number of aliphatic carboxylic acids is 1. The van der Waals surface area contributed by atoms with Crippen LogP contribution in [-0.2, 0) is 4.79 Å². The summed E-state index contributed by atoms with van der Waals surface area (Å²) in [6.45, 7) is 4.80. The first kappa shape index (κ1) is 17.4. The van der Waals surface area contributed by atoms with Gasteiger partial charge in [0.2, 0.25) is 5.95 Å². The second kappa shape index (κ2) is 7.73. The average molecular weight is 369 g/mol. The first-order chi connectivity index (χ1) is 13.2. The standard InChI is InChI=1S/C18H23N7O2/c26-17(27)14-2-6-23(7-3-14)15-12-16(22-13-21-15)24-8-10-25(11-9-24)18-19-4-1-5-20-18/h1,4-5,12-14H,2-3,6-11H2,(H,26,27). The Morgan fingerprint density at radius 1 is 0.852 bits per heavy atom. The van der Waals surface area contributed by atoms with Crippen molar-refractivity contribution in [3.8, 4) is 0 Å². The van der Waals surface area contributed by atoms with Crippen molar-refractivity contribution in [1.29, 1.82) is 0 Å². The number of carboxylic acids is 1. The van der Waals surface area contributed by atoms with Gasteiger partial charge in [0.15, 0.2) is 0 Å². The van der Waals surface area contributed by atoms with Gasteiger partial charge in [0.05, 0.1) is 5.92 Å². The van der Waals surface area contributed by atoms with Crippen molar-refractivity contribution in [2.75, 3.05) is 54.0 Å². The number of hydrogen-bond donors (Lipinski definition) is 1. The van der Waals surface area contributed by atoms with E-state index in [1.54, 1.807) is 18.7 Å². The van der Waals surface area contributed by atoms with Crippen molar-refractivity contribution in [3.63, 3.8) is 0 Å². The summed E-state index contributed by atoms with van der Waals surface area (Å²) >= 11 is 0. The number of anilines is 3. The van der Waals surface area contributed by atoms with Gasteiger partial charge in [-0.15, -0.1) is 0 Å². The quantitative estimate of drug-likeness (QED) is 0.842. The first-order valence-corrected chi connectivity index (χ1v) is 9.27. The normalized spacial score (nSPS) is 18.6. The topological polar surface area (TPSA) is 98.6 Å². The van der Waals surface area contributed by atoms with Gasteiger partial charge in [-0.1, -0.05) is 0 Å². The van der Waals surface area contributed by atoms with E-state index in [4.69, 9.17) is 5.11 Å². The molecule has 0 atom stereocenters. The second-order valence-corrected chi connectivity index (χ2v) is 6.86. The Labute approximate surface area is 157 Å². The molecule has 2 aromatic rings. The van der Waals surface area contributed by atoms with Crippen molar-refractivity contribution in [3.05, 3.63) is 30.9 Å². The summed E-state index contributed by atoms with van der Waals surface area (Å²) in [6, 6.07) is 3.83. The average Bonchev–Trinajstić information content (AvgIpc) is 2.75. The Bertz CT molecular complexity index is 772. The summed E-state index contributed by atoms with van der Waals surface area (Å²) in [6.07, 6.45) is 6.44. The lowest BCUT2D eigenvalue weighted by atomic mass is 9.97. The van der Waals surface area contributed by atoms with Crippen LogP contribution >= 0.6 is 0 Å². The fraction of sp³-hybridized carbons (Fsp3) is 0.500. The number of rotatable bonds is 4. The van der Waals surface area contributed by atoms with E-state index in [9.17, 15) is 4.79 Å². The van der Waals surface area contributed by atoms with Crippen molar-refractivity contribution in [2.24, 2.45) is 5.92 Å². The van der Waals surface area contributed by atoms with Gasteiger partial charge in [-0.25, -0.2) is 19.9 Å². The molecule has 0 radical (unpaired) electrons. The molecule has 2 aliphatic rings. The number of piperidine rings is 1. The van der Waals surface area contributed by atoms with E-state index in [0.29, 0.717) is 25.9 Å². The van der Waals surface area contributed by atoms with Crippen LogP contribution < -0.4 is 14.7 Å². The zero-order valence-electron chi connectivity index (χ0n) is 15.1. The largest absolute Gasteiger partial charge is 0.481 e. The number of carbonyl (C=O) groups is 1. The molecule has 9 heteroatoms. The van der Waals surface area contributed by atoms with Gasteiger partial charge in [0.25, 0.3) is 0 Å². The smallest absolute Gasteiger partial charge is 0.306 e. The zero-order valence-corrected chi connectivity index (χ0v) is 15.1. The molecule has 27 heavy (non-hydrogen) atoms. The zero-order chi connectivity index (χ0) is 18.6. The third-order valence-corrected chi connectivity index (χ3v) is 5.25. The van der Waals surface area contributed by atoms with E-state index in [1.165, 1.54) is 0 Å². The predicted molar refractivity (Wildman–Crippen MR) is 101 cm³/mol. The molecule has 0 spiro atoms. The molecule has 0 aliphatic carbocycles. The lowest BCUT2D eigenvalue weighted by Gasteiger charge is -2.36. The molecule has 142 valence electrons. The third-order valence-electron chi connectivity index (χ3n) is 5.25. The Balaban J connectivity index is 1.38. The molecule has 4 heterocycles. The summed E-state index contributed by atoms with van der Waals surface area (Å²) in [5.41, 5.74) is 0. The lowest BCUT2D eigenvalue weighted by molar-refractivity contribution is -0.142. The Hall–Kier alpha value is -2.97. The molecule has 4 rings (SSSR count). The van der Waals surface area contributed by atoms with E-state index in [1.807, 2.05) is 12.1 Å². The molecular formula is C18H23N7O2. The summed E-state index contributed by atoms with van der Waals surface area (Å²) in [5.74, 6) is 1.61. The molecule has 2 fully saturated rings. The second-order valence-electron chi connectivity index (χ2n) is 6.86. The minimum absolute atomic E-state index is 0.240. The van der Waals surface area contributed by atoms with Gasteiger partial charge in [-0.2, -0.15) is 0 Å². The molecule has 2 saturated heterocycles. The molecule has 2 aliphatic heterocycles. The van der Waals surface area contributed by atoms with Crippen molar-refractivity contribution in [1.82, 2.24) is 19.9 Å². The Kier molecular flexibility index (Phi) is 4.99. The fourth-order valence-electron chi connectivity index (χ4n) is 3.63. The number of piperazine rings is 1. The highest BCUT2D eigenvalue weighted by molar-refractivity contribution is 5.70. The minimum atomic E-state index is -0.696. The van der Waals surface area contributed by atoms with Crippen LogP contribution in [0, 0.1) is 5.92 Å². The monoisotopic (exact) mass is 369 g/mol. The van der Waals surface area contributed by atoms with Crippen LogP contribution in [0.2, 0.25) is 0 Å². The van der Waals surface area contributed by atoms with Crippen LogP contribution in [-0.4, -0.2) is 70.3 Å². The van der Waals surface area contributed by atoms with Crippen LogP contribution in [0.5, 0.6) is 0 Å². The molecule has 0 unspecified atom stereocenters. The molecule has 0 bridgehead atoms.